The van der Waals surface area contributed by atoms with Crippen LogP contribution in [0.3, 0.4) is 0 Å². The Labute approximate surface area is 104 Å². The van der Waals surface area contributed by atoms with E-state index < -0.39 is 0 Å². The lowest BCUT2D eigenvalue weighted by molar-refractivity contribution is 0.402. The molecule has 0 atom stereocenters. The molecular formula is C13H13N3O2. The number of rotatable bonds is 3. The lowest BCUT2D eigenvalue weighted by Gasteiger charge is -2.10. The molecule has 3 heterocycles. The van der Waals surface area contributed by atoms with Gasteiger partial charge in [-0.2, -0.15) is 0 Å². The zero-order valence-electron chi connectivity index (χ0n) is 10.00. The second-order valence-electron chi connectivity index (χ2n) is 4.23. The summed E-state index contributed by atoms with van der Waals surface area (Å²) in [4.78, 5) is 8.45. The van der Waals surface area contributed by atoms with Gasteiger partial charge in [0.15, 0.2) is 5.82 Å². The Hall–Kier alpha value is -2.30. The quantitative estimate of drug-likeness (QED) is 0.766. The molecular weight excluding hydrogens is 230 g/mol. The molecule has 0 saturated heterocycles. The molecule has 1 aromatic heterocycles. The van der Waals surface area contributed by atoms with Crippen LogP contribution in [0.25, 0.3) is 11.4 Å². The van der Waals surface area contributed by atoms with Crippen LogP contribution in [0.2, 0.25) is 0 Å². The lowest BCUT2D eigenvalue weighted by Crippen LogP contribution is -2.05. The highest BCUT2D eigenvalue weighted by molar-refractivity contribution is 5.64. The molecule has 0 radical (unpaired) electrons. The van der Waals surface area contributed by atoms with E-state index in [-0.39, 0.29) is 5.88 Å². The highest BCUT2D eigenvalue weighted by Crippen LogP contribution is 2.29. The van der Waals surface area contributed by atoms with E-state index in [0.29, 0.717) is 24.4 Å². The molecule has 0 saturated carbocycles. The van der Waals surface area contributed by atoms with Crippen LogP contribution in [0.5, 0.6) is 5.88 Å². The predicted octanol–water partition coefficient (Wildman–Crippen LogP) is 2.23. The molecule has 2 aliphatic heterocycles. The molecule has 1 N–H and O–H groups in total. The Morgan fingerprint density at radius 1 is 1.44 bits per heavy atom. The van der Waals surface area contributed by atoms with Gasteiger partial charge >= 0.3 is 0 Å². The van der Waals surface area contributed by atoms with Gasteiger partial charge in [0, 0.05) is 18.7 Å². The number of hydrogen-bond acceptors (Lipinski definition) is 4. The van der Waals surface area contributed by atoms with Gasteiger partial charge in [0.25, 0.3) is 0 Å². The summed E-state index contributed by atoms with van der Waals surface area (Å²) in [5, 5.41) is 10.1. The molecule has 18 heavy (non-hydrogen) atoms. The molecule has 92 valence electrons. The van der Waals surface area contributed by atoms with Crippen LogP contribution in [-0.2, 0) is 13.0 Å². The molecule has 0 aliphatic carbocycles. The van der Waals surface area contributed by atoms with E-state index in [1.54, 1.807) is 17.2 Å². The van der Waals surface area contributed by atoms with Gasteiger partial charge < -0.3 is 14.1 Å². The number of aromatic nitrogens is 3. The summed E-state index contributed by atoms with van der Waals surface area (Å²) < 4.78 is 6.96. The van der Waals surface area contributed by atoms with Crippen molar-refractivity contribution in [2.24, 2.45) is 0 Å². The number of hydrogen-bond donors (Lipinski definition) is 1. The minimum absolute atomic E-state index is 0.201. The first-order valence-electron chi connectivity index (χ1n) is 5.78. The van der Waals surface area contributed by atoms with Crippen molar-refractivity contribution in [3.05, 3.63) is 42.2 Å². The molecule has 5 heteroatoms. The average molecular weight is 243 g/mol. The van der Waals surface area contributed by atoms with Gasteiger partial charge in [0.1, 0.15) is 5.76 Å². The number of nitrogens with zero attached hydrogens (tertiary/aromatic N) is 3. The summed E-state index contributed by atoms with van der Waals surface area (Å²) in [6.07, 6.45) is 3.96. The zero-order valence-corrected chi connectivity index (χ0v) is 10.00. The summed E-state index contributed by atoms with van der Waals surface area (Å²) in [6.45, 7) is 2.50. The number of aromatic hydroxyl groups is 1. The van der Waals surface area contributed by atoms with Crippen molar-refractivity contribution in [3.8, 4) is 17.3 Å². The second kappa shape index (κ2) is 4.18. The Morgan fingerprint density at radius 2 is 2.33 bits per heavy atom. The molecule has 3 rings (SSSR count). The maximum atomic E-state index is 10.1. The lowest BCUT2D eigenvalue weighted by atomic mass is 10.2. The molecule has 0 aromatic carbocycles. The molecule has 1 aromatic rings. The van der Waals surface area contributed by atoms with E-state index in [9.17, 15) is 5.11 Å². The molecule has 0 fully saturated rings. The first-order valence-corrected chi connectivity index (χ1v) is 5.78. The van der Waals surface area contributed by atoms with Crippen molar-refractivity contribution in [1.82, 2.24) is 14.5 Å². The predicted molar refractivity (Wildman–Crippen MR) is 65.5 cm³/mol. The monoisotopic (exact) mass is 243 g/mol. The van der Waals surface area contributed by atoms with Gasteiger partial charge in [-0.05, 0) is 25.1 Å². The first kappa shape index (κ1) is 10.8. The molecule has 2 aliphatic rings. The van der Waals surface area contributed by atoms with Gasteiger partial charge in [0.2, 0.25) is 5.88 Å². The van der Waals surface area contributed by atoms with Crippen molar-refractivity contribution < 1.29 is 9.52 Å². The van der Waals surface area contributed by atoms with Crippen molar-refractivity contribution in [1.29, 1.82) is 0 Å². The molecule has 0 amide bonds. The van der Waals surface area contributed by atoms with Crippen molar-refractivity contribution in [3.63, 3.8) is 0 Å². The number of furan rings is 1. The highest BCUT2D eigenvalue weighted by atomic mass is 16.3. The van der Waals surface area contributed by atoms with Crippen LogP contribution in [0.1, 0.15) is 11.5 Å². The minimum atomic E-state index is 0.201. The van der Waals surface area contributed by atoms with Gasteiger partial charge in [-0.3, -0.25) is 0 Å². The maximum Gasteiger partial charge on any atom is 0.203 e. The second-order valence-corrected chi connectivity index (χ2v) is 4.23. The summed E-state index contributed by atoms with van der Waals surface area (Å²) in [5.74, 6) is 1.67. The smallest absolute Gasteiger partial charge is 0.203 e. The minimum Gasteiger partial charge on any atom is -0.494 e. The zero-order chi connectivity index (χ0) is 12.5. The van der Waals surface area contributed by atoms with Crippen LogP contribution in [0, 0.1) is 6.92 Å². The summed E-state index contributed by atoms with van der Waals surface area (Å²) >= 11 is 0. The van der Waals surface area contributed by atoms with Crippen LogP contribution < -0.4 is 0 Å². The molecule has 0 unspecified atom stereocenters. The van der Waals surface area contributed by atoms with E-state index in [1.807, 2.05) is 25.1 Å². The first-order chi connectivity index (χ1) is 8.74. The Bertz CT molecular complexity index is 628. The summed E-state index contributed by atoms with van der Waals surface area (Å²) in [5.41, 5.74) is 1.55. The molecule has 0 spiro atoms. The third-order valence-electron chi connectivity index (χ3n) is 2.89. The third-order valence-corrected chi connectivity index (χ3v) is 2.89. The highest BCUT2D eigenvalue weighted by Gasteiger charge is 2.15. The molecule has 5 nitrogen and oxygen atoms in total. The summed E-state index contributed by atoms with van der Waals surface area (Å²) in [6, 6.07) is 5.60. The topological polar surface area (TPSA) is 64.1 Å². The van der Waals surface area contributed by atoms with E-state index in [1.165, 1.54) is 0 Å². The van der Waals surface area contributed by atoms with Crippen LogP contribution in [0.15, 0.2) is 35.2 Å². The van der Waals surface area contributed by atoms with E-state index >= 15 is 0 Å². The van der Waals surface area contributed by atoms with E-state index in [0.717, 1.165) is 11.5 Å². The normalized spacial score (nSPS) is 11.2. The average Bonchev–Trinajstić information content (AvgIpc) is 2.97. The summed E-state index contributed by atoms with van der Waals surface area (Å²) in [7, 11) is 0. The van der Waals surface area contributed by atoms with Gasteiger partial charge in [0.05, 0.1) is 18.2 Å². The van der Waals surface area contributed by atoms with Gasteiger partial charge in [-0.15, -0.1) is 0 Å². The molecule has 0 bridgehead atoms. The van der Waals surface area contributed by atoms with Gasteiger partial charge in [-0.25, -0.2) is 9.97 Å². The van der Waals surface area contributed by atoms with Crippen LogP contribution in [0.4, 0.5) is 0 Å². The largest absolute Gasteiger partial charge is 0.494 e. The van der Waals surface area contributed by atoms with Crippen LogP contribution in [-0.4, -0.2) is 19.6 Å². The maximum absolute atomic E-state index is 10.1. The Kier molecular flexibility index (Phi) is 2.51. The fourth-order valence-corrected chi connectivity index (χ4v) is 1.98. The van der Waals surface area contributed by atoms with Crippen molar-refractivity contribution in [2.75, 3.05) is 0 Å². The standard InChI is InChI=1S/C13H13N3O2/c1-9-7-11-12(15-9)14-8-16(13(11)17)5-4-10-3-2-6-18-10/h2-3,6-8,17H,4-5H2,1H3. The number of aryl methyl sites for hydroxylation is 3. The number of fused-ring (bicyclic) bond motifs is 1. The Balaban J connectivity index is 1.88. The van der Waals surface area contributed by atoms with E-state index in [2.05, 4.69) is 9.97 Å². The van der Waals surface area contributed by atoms with Crippen molar-refractivity contribution >= 4 is 0 Å². The van der Waals surface area contributed by atoms with E-state index in [4.69, 9.17) is 4.42 Å². The van der Waals surface area contributed by atoms with Crippen LogP contribution >= 0.6 is 0 Å². The van der Waals surface area contributed by atoms with Crippen molar-refractivity contribution in [2.45, 2.75) is 19.9 Å². The SMILES string of the molecule is Cc1cc2c(O)n(CCc3ccco3)cnc-2n1. The fraction of sp³-hybridized carbons (Fsp3) is 0.231. The Morgan fingerprint density at radius 3 is 3.11 bits per heavy atom. The third kappa shape index (κ3) is 1.84. The van der Waals surface area contributed by atoms with Gasteiger partial charge in [-0.1, -0.05) is 0 Å². The fourth-order valence-electron chi connectivity index (χ4n) is 1.98.